The summed E-state index contributed by atoms with van der Waals surface area (Å²) in [6.07, 6.45) is 3.90. The number of nitrogens with two attached hydrogens (primary N) is 1. The van der Waals surface area contributed by atoms with Crippen LogP contribution >= 0.6 is 0 Å². The van der Waals surface area contributed by atoms with Crippen molar-refractivity contribution in [2.45, 2.75) is 19.4 Å². The number of carboxylic acid groups (broad SMARTS) is 1. The van der Waals surface area contributed by atoms with Crippen LogP contribution in [0.3, 0.4) is 0 Å². The third kappa shape index (κ3) is 1.77. The number of imidazole rings is 1. The summed E-state index contributed by atoms with van der Waals surface area (Å²) in [4.78, 5) is 14.9. The van der Waals surface area contributed by atoms with Crippen LogP contribution in [0.1, 0.15) is 11.3 Å². The maximum Gasteiger partial charge on any atom is 0.320 e. The molecule has 0 amide bonds. The van der Waals surface area contributed by atoms with E-state index >= 15 is 0 Å². The van der Waals surface area contributed by atoms with Gasteiger partial charge in [-0.05, 0) is 18.6 Å². The van der Waals surface area contributed by atoms with Gasteiger partial charge in [0.15, 0.2) is 0 Å². The first kappa shape index (κ1) is 10.6. The fourth-order valence-electron chi connectivity index (χ4n) is 1.79. The molecule has 0 aliphatic carbocycles. The molecule has 0 spiro atoms. The van der Waals surface area contributed by atoms with Gasteiger partial charge in [-0.25, -0.2) is 4.98 Å². The highest BCUT2D eigenvalue weighted by molar-refractivity contribution is 5.74. The Morgan fingerprint density at radius 1 is 1.69 bits per heavy atom. The maximum absolute atomic E-state index is 10.7. The number of fused-ring (bicyclic) bond motifs is 1. The number of carboxylic acids is 1. The van der Waals surface area contributed by atoms with Crippen LogP contribution in [-0.2, 0) is 11.2 Å². The minimum atomic E-state index is -0.987. The van der Waals surface area contributed by atoms with Gasteiger partial charge >= 0.3 is 5.97 Å². The second kappa shape index (κ2) is 3.94. The number of aryl methyl sites for hydroxylation is 1. The van der Waals surface area contributed by atoms with E-state index in [1.165, 1.54) is 0 Å². The van der Waals surface area contributed by atoms with Crippen LogP contribution in [0.25, 0.3) is 5.52 Å². The first-order valence-corrected chi connectivity index (χ1v) is 4.99. The molecule has 0 saturated heterocycles. The van der Waals surface area contributed by atoms with Crippen LogP contribution < -0.4 is 5.73 Å². The molecule has 5 nitrogen and oxygen atoms in total. The van der Waals surface area contributed by atoms with E-state index in [2.05, 4.69) is 4.98 Å². The number of pyridine rings is 1. The second-order valence-corrected chi connectivity index (χ2v) is 3.77. The highest BCUT2D eigenvalue weighted by Gasteiger charge is 2.15. The third-order valence-electron chi connectivity index (χ3n) is 2.58. The fourth-order valence-corrected chi connectivity index (χ4v) is 1.79. The molecule has 0 aliphatic rings. The molecule has 1 unspecified atom stereocenters. The number of aromatic nitrogens is 2. The summed E-state index contributed by atoms with van der Waals surface area (Å²) in [5.74, 6) is -0.987. The van der Waals surface area contributed by atoms with Gasteiger partial charge in [0.1, 0.15) is 6.04 Å². The van der Waals surface area contributed by atoms with Gasteiger partial charge in [0.05, 0.1) is 17.5 Å². The predicted octanol–water partition coefficient (Wildman–Crippen LogP) is 0.597. The van der Waals surface area contributed by atoms with Gasteiger partial charge in [0.25, 0.3) is 0 Å². The highest BCUT2D eigenvalue weighted by atomic mass is 16.4. The molecule has 0 radical (unpaired) electrons. The Labute approximate surface area is 92.5 Å². The standard InChI is InChI=1S/C11H13N3O2/c1-7-10-8(5-9(12)11(15)16)3-2-4-14(10)6-13-7/h2-4,6,9H,5,12H2,1H3,(H,15,16). The zero-order chi connectivity index (χ0) is 11.7. The lowest BCUT2D eigenvalue weighted by Crippen LogP contribution is -2.32. The van der Waals surface area contributed by atoms with Gasteiger partial charge in [-0.2, -0.15) is 0 Å². The van der Waals surface area contributed by atoms with Crippen LogP contribution in [-0.4, -0.2) is 26.5 Å². The molecule has 0 fully saturated rings. The number of hydrogen-bond donors (Lipinski definition) is 2. The lowest BCUT2D eigenvalue weighted by molar-refractivity contribution is -0.138. The quantitative estimate of drug-likeness (QED) is 0.792. The van der Waals surface area contributed by atoms with Gasteiger partial charge < -0.3 is 15.2 Å². The summed E-state index contributed by atoms with van der Waals surface area (Å²) in [6, 6.07) is 2.87. The Hall–Kier alpha value is -1.88. The van der Waals surface area contributed by atoms with E-state index in [0.29, 0.717) is 6.42 Å². The maximum atomic E-state index is 10.7. The van der Waals surface area contributed by atoms with Crippen LogP contribution in [0, 0.1) is 6.92 Å². The van der Waals surface area contributed by atoms with Gasteiger partial charge in [0, 0.05) is 12.6 Å². The Balaban J connectivity index is 2.44. The second-order valence-electron chi connectivity index (χ2n) is 3.77. The van der Waals surface area contributed by atoms with Crippen molar-refractivity contribution < 1.29 is 9.90 Å². The average Bonchev–Trinajstić information content (AvgIpc) is 2.61. The molecule has 0 saturated carbocycles. The zero-order valence-electron chi connectivity index (χ0n) is 8.92. The molecular weight excluding hydrogens is 206 g/mol. The van der Waals surface area contributed by atoms with Crippen molar-refractivity contribution in [3.8, 4) is 0 Å². The lowest BCUT2D eigenvalue weighted by atomic mass is 10.1. The predicted molar refractivity (Wildman–Crippen MR) is 59.2 cm³/mol. The van der Waals surface area contributed by atoms with E-state index in [1.54, 1.807) is 6.33 Å². The summed E-state index contributed by atoms with van der Waals surface area (Å²) in [7, 11) is 0. The summed E-state index contributed by atoms with van der Waals surface area (Å²) in [5.41, 5.74) is 8.27. The SMILES string of the molecule is Cc1ncn2cccc(CC(N)C(=O)O)c12. The van der Waals surface area contributed by atoms with Crippen LogP contribution in [0.2, 0.25) is 0 Å². The van der Waals surface area contributed by atoms with Crippen molar-refractivity contribution in [2.24, 2.45) is 5.73 Å². The Kier molecular flexibility index (Phi) is 2.62. The molecule has 2 aromatic heterocycles. The molecule has 2 heterocycles. The topological polar surface area (TPSA) is 80.6 Å². The first-order valence-electron chi connectivity index (χ1n) is 4.99. The van der Waals surface area contributed by atoms with Crippen molar-refractivity contribution in [3.63, 3.8) is 0 Å². The van der Waals surface area contributed by atoms with Gasteiger partial charge in [-0.15, -0.1) is 0 Å². The number of nitrogens with zero attached hydrogens (tertiary/aromatic N) is 2. The number of carbonyl (C=O) groups is 1. The van der Waals surface area contributed by atoms with E-state index in [9.17, 15) is 4.79 Å². The van der Waals surface area contributed by atoms with Crippen LogP contribution in [0.4, 0.5) is 0 Å². The average molecular weight is 219 g/mol. The molecule has 84 valence electrons. The van der Waals surface area contributed by atoms with E-state index in [-0.39, 0.29) is 0 Å². The molecule has 1 atom stereocenters. The van der Waals surface area contributed by atoms with E-state index in [4.69, 9.17) is 10.8 Å². The normalized spacial score (nSPS) is 12.9. The van der Waals surface area contributed by atoms with Crippen LogP contribution in [0.15, 0.2) is 24.7 Å². The van der Waals surface area contributed by atoms with Crippen molar-refractivity contribution in [1.82, 2.24) is 9.38 Å². The number of hydrogen-bond acceptors (Lipinski definition) is 3. The van der Waals surface area contributed by atoms with Crippen molar-refractivity contribution in [3.05, 3.63) is 35.9 Å². The molecule has 0 aliphatic heterocycles. The highest BCUT2D eigenvalue weighted by Crippen LogP contribution is 2.15. The third-order valence-corrected chi connectivity index (χ3v) is 2.58. The van der Waals surface area contributed by atoms with Crippen LogP contribution in [0.5, 0.6) is 0 Å². The largest absolute Gasteiger partial charge is 0.480 e. The summed E-state index contributed by atoms with van der Waals surface area (Å²) in [5, 5.41) is 8.79. The molecular formula is C11H13N3O2. The number of rotatable bonds is 3. The molecule has 16 heavy (non-hydrogen) atoms. The van der Waals surface area contributed by atoms with Crippen molar-refractivity contribution in [2.75, 3.05) is 0 Å². The molecule has 0 bridgehead atoms. The molecule has 3 N–H and O–H groups in total. The Bertz CT molecular complexity index is 533. The minimum absolute atomic E-state index is 0.312. The molecule has 2 aromatic rings. The molecule has 2 rings (SSSR count). The summed E-state index contributed by atoms with van der Waals surface area (Å²) < 4.78 is 1.87. The van der Waals surface area contributed by atoms with Gasteiger partial charge in [-0.3, -0.25) is 4.79 Å². The fraction of sp³-hybridized carbons (Fsp3) is 0.273. The van der Waals surface area contributed by atoms with E-state index in [0.717, 1.165) is 16.8 Å². The van der Waals surface area contributed by atoms with E-state index in [1.807, 2.05) is 29.7 Å². The van der Waals surface area contributed by atoms with Gasteiger partial charge in [-0.1, -0.05) is 6.07 Å². The molecule has 5 heteroatoms. The van der Waals surface area contributed by atoms with E-state index < -0.39 is 12.0 Å². The first-order chi connectivity index (χ1) is 7.59. The molecule has 0 aromatic carbocycles. The van der Waals surface area contributed by atoms with Crippen molar-refractivity contribution >= 4 is 11.5 Å². The monoisotopic (exact) mass is 219 g/mol. The van der Waals surface area contributed by atoms with Gasteiger partial charge in [0.2, 0.25) is 0 Å². The minimum Gasteiger partial charge on any atom is -0.480 e. The Morgan fingerprint density at radius 2 is 2.44 bits per heavy atom. The van der Waals surface area contributed by atoms with Crippen molar-refractivity contribution in [1.29, 1.82) is 0 Å². The summed E-state index contributed by atoms with van der Waals surface area (Å²) >= 11 is 0. The lowest BCUT2D eigenvalue weighted by Gasteiger charge is -2.08. The Morgan fingerprint density at radius 3 is 3.12 bits per heavy atom. The zero-order valence-corrected chi connectivity index (χ0v) is 8.92. The summed E-state index contributed by atoms with van der Waals surface area (Å²) in [6.45, 7) is 1.89. The number of aliphatic carboxylic acids is 1. The smallest absolute Gasteiger partial charge is 0.320 e.